The fourth-order valence-electron chi connectivity index (χ4n) is 1.11. The topological polar surface area (TPSA) is 72.8 Å². The van der Waals surface area contributed by atoms with E-state index in [0.717, 1.165) is 0 Å². The van der Waals surface area contributed by atoms with Crippen LogP contribution in [0.3, 0.4) is 0 Å². The lowest BCUT2D eigenvalue weighted by Crippen LogP contribution is -2.44. The summed E-state index contributed by atoms with van der Waals surface area (Å²) in [6.45, 7) is 5.02. The Morgan fingerprint density at radius 3 is 2.14 bits per heavy atom. The zero-order valence-electron chi connectivity index (χ0n) is 8.86. The van der Waals surface area contributed by atoms with Crippen molar-refractivity contribution in [1.82, 2.24) is 10.2 Å². The van der Waals surface area contributed by atoms with Crippen LogP contribution in [0.25, 0.3) is 0 Å². The van der Waals surface area contributed by atoms with E-state index in [1.54, 1.807) is 4.90 Å². The Morgan fingerprint density at radius 2 is 1.79 bits per heavy atom. The van der Waals surface area contributed by atoms with Crippen LogP contribution in [0.15, 0.2) is 0 Å². The minimum atomic E-state index is -0.408. The third-order valence-electron chi connectivity index (χ3n) is 2.10. The van der Waals surface area contributed by atoms with Crippen molar-refractivity contribution < 1.29 is 15.0 Å². The third kappa shape index (κ3) is 4.55. The smallest absolute Gasteiger partial charge is 0.236 e. The normalized spacial score (nSPS) is 10.6. The molecule has 5 nitrogen and oxygen atoms in total. The van der Waals surface area contributed by atoms with Gasteiger partial charge in [0.25, 0.3) is 0 Å². The van der Waals surface area contributed by atoms with Crippen molar-refractivity contribution in [3.63, 3.8) is 0 Å². The molecule has 0 fully saturated rings. The Labute approximate surface area is 84.7 Å². The van der Waals surface area contributed by atoms with Crippen LogP contribution in [-0.4, -0.2) is 59.9 Å². The number of rotatable bonds is 7. The Kier molecular flexibility index (Phi) is 7.37. The predicted molar refractivity (Wildman–Crippen MR) is 53.9 cm³/mol. The average molecular weight is 204 g/mol. The summed E-state index contributed by atoms with van der Waals surface area (Å²) >= 11 is 0. The number of nitrogens with zero attached hydrogens (tertiary/aromatic N) is 1. The molecule has 0 bridgehead atoms. The molecule has 0 saturated carbocycles. The SMILES string of the molecule is CCN(CC)C(=O)CNC(CO)CO. The van der Waals surface area contributed by atoms with Crippen LogP contribution in [-0.2, 0) is 4.79 Å². The minimum absolute atomic E-state index is 0.0121. The fourth-order valence-corrected chi connectivity index (χ4v) is 1.11. The van der Waals surface area contributed by atoms with Gasteiger partial charge in [0.15, 0.2) is 0 Å². The predicted octanol–water partition coefficient (Wildman–Crippen LogP) is -1.20. The Balaban J connectivity index is 3.81. The number of aliphatic hydroxyl groups is 2. The van der Waals surface area contributed by atoms with E-state index in [1.165, 1.54) is 0 Å². The first-order valence-corrected chi connectivity index (χ1v) is 4.92. The number of amides is 1. The second kappa shape index (κ2) is 7.73. The van der Waals surface area contributed by atoms with Crippen molar-refractivity contribution in [1.29, 1.82) is 0 Å². The minimum Gasteiger partial charge on any atom is -0.395 e. The molecule has 0 aromatic rings. The molecule has 1 amide bonds. The van der Waals surface area contributed by atoms with Gasteiger partial charge in [-0.1, -0.05) is 0 Å². The van der Waals surface area contributed by atoms with Crippen LogP contribution >= 0.6 is 0 Å². The van der Waals surface area contributed by atoms with E-state index in [4.69, 9.17) is 10.2 Å². The van der Waals surface area contributed by atoms with Gasteiger partial charge < -0.3 is 20.4 Å². The molecule has 0 heterocycles. The van der Waals surface area contributed by atoms with Gasteiger partial charge in [-0.2, -0.15) is 0 Å². The molecular formula is C9H20N2O3. The Bertz CT molecular complexity index is 156. The highest BCUT2D eigenvalue weighted by atomic mass is 16.3. The summed E-state index contributed by atoms with van der Waals surface area (Å²) in [5.74, 6) is -0.0121. The third-order valence-corrected chi connectivity index (χ3v) is 2.10. The molecule has 0 saturated heterocycles. The van der Waals surface area contributed by atoms with Gasteiger partial charge in [0.05, 0.1) is 25.8 Å². The van der Waals surface area contributed by atoms with E-state index < -0.39 is 6.04 Å². The highest BCUT2D eigenvalue weighted by molar-refractivity contribution is 5.78. The highest BCUT2D eigenvalue weighted by Gasteiger charge is 2.11. The summed E-state index contributed by atoms with van der Waals surface area (Å²) in [4.78, 5) is 13.1. The zero-order chi connectivity index (χ0) is 11.0. The molecule has 0 unspecified atom stereocenters. The molecule has 3 N–H and O–H groups in total. The first kappa shape index (κ1) is 13.4. The summed E-state index contributed by atoms with van der Waals surface area (Å²) in [7, 11) is 0. The van der Waals surface area contributed by atoms with Crippen molar-refractivity contribution in [2.24, 2.45) is 0 Å². The number of aliphatic hydroxyl groups excluding tert-OH is 2. The van der Waals surface area contributed by atoms with Gasteiger partial charge in [0.1, 0.15) is 0 Å². The summed E-state index contributed by atoms with van der Waals surface area (Å²) in [6, 6.07) is -0.408. The lowest BCUT2D eigenvalue weighted by atomic mass is 10.3. The molecule has 0 atom stereocenters. The number of carbonyl (C=O) groups excluding carboxylic acids is 1. The van der Waals surface area contributed by atoms with Gasteiger partial charge in [0.2, 0.25) is 5.91 Å². The number of hydrogen-bond acceptors (Lipinski definition) is 4. The number of hydrogen-bond donors (Lipinski definition) is 3. The molecule has 84 valence electrons. The van der Waals surface area contributed by atoms with Crippen LogP contribution in [0.5, 0.6) is 0 Å². The van der Waals surface area contributed by atoms with Crippen LogP contribution in [0, 0.1) is 0 Å². The van der Waals surface area contributed by atoms with E-state index in [2.05, 4.69) is 5.32 Å². The van der Waals surface area contributed by atoms with Crippen molar-refractivity contribution >= 4 is 5.91 Å². The van der Waals surface area contributed by atoms with Gasteiger partial charge in [-0.3, -0.25) is 4.79 Å². The van der Waals surface area contributed by atoms with Crippen molar-refractivity contribution in [2.45, 2.75) is 19.9 Å². The van der Waals surface area contributed by atoms with Crippen LogP contribution in [0.2, 0.25) is 0 Å². The monoisotopic (exact) mass is 204 g/mol. The van der Waals surface area contributed by atoms with Crippen molar-refractivity contribution in [3.05, 3.63) is 0 Å². The van der Waals surface area contributed by atoms with E-state index in [0.29, 0.717) is 13.1 Å². The maximum absolute atomic E-state index is 11.4. The molecule has 0 aromatic heterocycles. The van der Waals surface area contributed by atoms with E-state index in [9.17, 15) is 4.79 Å². The fraction of sp³-hybridized carbons (Fsp3) is 0.889. The van der Waals surface area contributed by atoms with Gasteiger partial charge in [-0.25, -0.2) is 0 Å². The molecular weight excluding hydrogens is 184 g/mol. The molecule has 0 radical (unpaired) electrons. The Hall–Kier alpha value is -0.650. The first-order chi connectivity index (χ1) is 6.69. The van der Waals surface area contributed by atoms with Crippen LogP contribution in [0.4, 0.5) is 0 Å². The van der Waals surface area contributed by atoms with Crippen molar-refractivity contribution in [2.75, 3.05) is 32.8 Å². The highest BCUT2D eigenvalue weighted by Crippen LogP contribution is 1.88. The molecule has 0 rings (SSSR count). The van der Waals surface area contributed by atoms with E-state index >= 15 is 0 Å². The lowest BCUT2D eigenvalue weighted by Gasteiger charge is -2.20. The molecule has 0 spiro atoms. The lowest BCUT2D eigenvalue weighted by molar-refractivity contribution is -0.130. The molecule has 0 aliphatic carbocycles. The largest absolute Gasteiger partial charge is 0.395 e. The maximum Gasteiger partial charge on any atom is 0.236 e. The Morgan fingerprint density at radius 1 is 1.29 bits per heavy atom. The quantitative estimate of drug-likeness (QED) is 0.487. The standard InChI is InChI=1S/C9H20N2O3/c1-3-11(4-2)9(14)5-10-8(6-12)7-13/h8,10,12-13H,3-7H2,1-2H3. The number of carbonyl (C=O) groups is 1. The molecule has 14 heavy (non-hydrogen) atoms. The van der Waals surface area contributed by atoms with E-state index in [1.807, 2.05) is 13.8 Å². The number of likely N-dealkylation sites (N-methyl/N-ethyl adjacent to an activating group) is 1. The van der Waals surface area contributed by atoms with Crippen molar-refractivity contribution in [3.8, 4) is 0 Å². The van der Waals surface area contributed by atoms with Crippen LogP contribution < -0.4 is 5.32 Å². The maximum atomic E-state index is 11.4. The van der Waals surface area contributed by atoms with Gasteiger partial charge in [0, 0.05) is 13.1 Å². The molecule has 0 aliphatic rings. The summed E-state index contributed by atoms with van der Waals surface area (Å²) < 4.78 is 0. The van der Waals surface area contributed by atoms with Gasteiger partial charge in [-0.15, -0.1) is 0 Å². The van der Waals surface area contributed by atoms with Crippen LogP contribution in [0.1, 0.15) is 13.8 Å². The second-order valence-corrected chi connectivity index (χ2v) is 3.01. The average Bonchev–Trinajstić information content (AvgIpc) is 2.21. The summed E-state index contributed by atoms with van der Waals surface area (Å²) in [6.07, 6.45) is 0. The molecule has 0 aliphatic heterocycles. The van der Waals surface area contributed by atoms with E-state index in [-0.39, 0.29) is 25.7 Å². The summed E-state index contributed by atoms with van der Waals surface area (Å²) in [5, 5.41) is 20.3. The molecule has 0 aromatic carbocycles. The zero-order valence-corrected chi connectivity index (χ0v) is 8.86. The summed E-state index contributed by atoms with van der Waals surface area (Å²) in [5.41, 5.74) is 0. The van der Waals surface area contributed by atoms with Gasteiger partial charge >= 0.3 is 0 Å². The van der Waals surface area contributed by atoms with Gasteiger partial charge in [-0.05, 0) is 13.8 Å². The second-order valence-electron chi connectivity index (χ2n) is 3.01. The first-order valence-electron chi connectivity index (χ1n) is 4.92. The number of nitrogens with one attached hydrogen (secondary N) is 1. The molecule has 5 heteroatoms.